The van der Waals surface area contributed by atoms with E-state index in [1.54, 1.807) is 0 Å². The van der Waals surface area contributed by atoms with Gasteiger partial charge in [0.25, 0.3) is 0 Å². The van der Waals surface area contributed by atoms with Crippen molar-refractivity contribution in [2.75, 3.05) is 13.1 Å². The molecule has 11 heavy (non-hydrogen) atoms. The molecule has 5 heteroatoms. The molecule has 0 bridgehead atoms. The molecule has 1 heterocycles. The summed E-state index contributed by atoms with van der Waals surface area (Å²) in [6.07, 6.45) is 0.668. The fraction of sp³-hybridized carbons (Fsp3) is 0.833. The summed E-state index contributed by atoms with van der Waals surface area (Å²) in [5.74, 6) is 4.89. The zero-order chi connectivity index (χ0) is 8.48. The number of carbonyl (C=O) groups is 1. The van der Waals surface area contributed by atoms with Crippen LogP contribution in [0.2, 0.25) is 0 Å². The first-order valence-electron chi connectivity index (χ1n) is 3.59. The number of hydrogen-bond acceptors (Lipinski definition) is 3. The van der Waals surface area contributed by atoms with Gasteiger partial charge in [-0.25, -0.2) is 10.6 Å². The SMILES string of the molecule is CCC1(O)CN(C(=O)NN)C1. The number of β-amino-alcohol motifs (C(OH)–C–C–N with tert-alkyl or cyclic N) is 1. The van der Waals surface area contributed by atoms with E-state index in [0.29, 0.717) is 19.5 Å². The van der Waals surface area contributed by atoms with Crippen molar-refractivity contribution in [2.24, 2.45) is 5.84 Å². The molecule has 0 aromatic carbocycles. The van der Waals surface area contributed by atoms with Crippen molar-refractivity contribution < 1.29 is 9.90 Å². The highest BCUT2D eigenvalue weighted by atomic mass is 16.3. The average molecular weight is 159 g/mol. The molecule has 1 fully saturated rings. The van der Waals surface area contributed by atoms with Gasteiger partial charge in [-0.15, -0.1) is 0 Å². The van der Waals surface area contributed by atoms with Gasteiger partial charge in [-0.05, 0) is 6.42 Å². The summed E-state index contributed by atoms with van der Waals surface area (Å²) in [7, 11) is 0. The Bertz CT molecular complexity index is 165. The number of carbonyl (C=O) groups excluding carboxylic acids is 1. The normalized spacial score (nSPS) is 20.8. The van der Waals surface area contributed by atoms with Crippen molar-refractivity contribution in [3.05, 3.63) is 0 Å². The zero-order valence-corrected chi connectivity index (χ0v) is 6.50. The van der Waals surface area contributed by atoms with Gasteiger partial charge in [0.2, 0.25) is 0 Å². The molecule has 4 N–H and O–H groups in total. The highest BCUT2D eigenvalue weighted by Gasteiger charge is 2.41. The molecule has 64 valence electrons. The van der Waals surface area contributed by atoms with Crippen molar-refractivity contribution in [3.8, 4) is 0 Å². The van der Waals surface area contributed by atoms with E-state index >= 15 is 0 Å². The van der Waals surface area contributed by atoms with Crippen LogP contribution in [-0.2, 0) is 0 Å². The van der Waals surface area contributed by atoms with Gasteiger partial charge < -0.3 is 10.0 Å². The Morgan fingerprint density at radius 3 is 2.73 bits per heavy atom. The minimum atomic E-state index is -0.674. The number of rotatable bonds is 1. The Kier molecular flexibility index (Phi) is 2.01. The summed E-state index contributed by atoms with van der Waals surface area (Å²) in [6.45, 7) is 2.65. The second kappa shape index (κ2) is 2.67. The third kappa shape index (κ3) is 1.44. The molecule has 0 aromatic heterocycles. The first kappa shape index (κ1) is 8.29. The molecule has 0 aliphatic carbocycles. The number of nitrogens with zero attached hydrogens (tertiary/aromatic N) is 1. The summed E-state index contributed by atoms with van der Waals surface area (Å²) in [4.78, 5) is 12.2. The Morgan fingerprint density at radius 1 is 1.82 bits per heavy atom. The lowest BCUT2D eigenvalue weighted by molar-refractivity contribution is -0.0777. The molecule has 0 saturated carbocycles. The summed E-state index contributed by atoms with van der Waals surface area (Å²) in [5.41, 5.74) is 1.33. The molecule has 2 amide bonds. The lowest BCUT2D eigenvalue weighted by atomic mass is 9.92. The van der Waals surface area contributed by atoms with Crippen molar-refractivity contribution in [1.29, 1.82) is 0 Å². The van der Waals surface area contributed by atoms with Gasteiger partial charge in [0.15, 0.2) is 0 Å². The molecule has 0 spiro atoms. The number of hydrazine groups is 1. The van der Waals surface area contributed by atoms with Crippen LogP contribution in [0.15, 0.2) is 0 Å². The van der Waals surface area contributed by atoms with Crippen LogP contribution < -0.4 is 11.3 Å². The Labute approximate surface area is 65.1 Å². The molecule has 0 aromatic rings. The number of nitrogens with one attached hydrogen (secondary N) is 1. The molecule has 0 unspecified atom stereocenters. The van der Waals surface area contributed by atoms with Crippen LogP contribution in [0.1, 0.15) is 13.3 Å². The Morgan fingerprint density at radius 2 is 2.36 bits per heavy atom. The maximum absolute atomic E-state index is 10.8. The number of aliphatic hydroxyl groups is 1. The van der Waals surface area contributed by atoms with Crippen LogP contribution in [0.5, 0.6) is 0 Å². The van der Waals surface area contributed by atoms with E-state index < -0.39 is 5.60 Å². The van der Waals surface area contributed by atoms with E-state index in [4.69, 9.17) is 5.84 Å². The highest BCUT2D eigenvalue weighted by Crippen LogP contribution is 2.23. The van der Waals surface area contributed by atoms with Crippen molar-refractivity contribution in [2.45, 2.75) is 18.9 Å². The molecule has 1 aliphatic rings. The number of likely N-dealkylation sites (tertiary alicyclic amines) is 1. The largest absolute Gasteiger partial charge is 0.386 e. The summed E-state index contributed by atoms with van der Waals surface area (Å²) >= 11 is 0. The second-order valence-corrected chi connectivity index (χ2v) is 2.88. The monoisotopic (exact) mass is 159 g/mol. The summed E-state index contributed by atoms with van der Waals surface area (Å²) < 4.78 is 0. The average Bonchev–Trinajstić information content (AvgIpc) is 1.97. The second-order valence-electron chi connectivity index (χ2n) is 2.88. The first-order chi connectivity index (χ1) is 5.11. The lowest BCUT2D eigenvalue weighted by Gasteiger charge is -2.45. The molecule has 5 nitrogen and oxygen atoms in total. The maximum Gasteiger partial charge on any atom is 0.331 e. The van der Waals surface area contributed by atoms with Gasteiger partial charge >= 0.3 is 6.03 Å². The van der Waals surface area contributed by atoms with Crippen LogP contribution in [0.25, 0.3) is 0 Å². The van der Waals surface area contributed by atoms with Gasteiger partial charge in [0.05, 0.1) is 18.7 Å². The number of nitrogens with two attached hydrogens (primary N) is 1. The minimum absolute atomic E-state index is 0.330. The van der Waals surface area contributed by atoms with Crippen molar-refractivity contribution >= 4 is 6.03 Å². The van der Waals surface area contributed by atoms with Gasteiger partial charge in [0, 0.05) is 0 Å². The van der Waals surface area contributed by atoms with Gasteiger partial charge in [-0.1, -0.05) is 6.92 Å². The predicted molar refractivity (Wildman–Crippen MR) is 39.5 cm³/mol. The first-order valence-corrected chi connectivity index (χ1v) is 3.59. The quantitative estimate of drug-likeness (QED) is 0.261. The van der Waals surface area contributed by atoms with E-state index in [2.05, 4.69) is 0 Å². The van der Waals surface area contributed by atoms with E-state index in [-0.39, 0.29) is 6.03 Å². The number of hydrogen-bond donors (Lipinski definition) is 3. The summed E-state index contributed by atoms with van der Waals surface area (Å²) in [5, 5.41) is 9.47. The summed E-state index contributed by atoms with van der Waals surface area (Å²) in [6, 6.07) is -0.330. The molecule has 1 saturated heterocycles. The minimum Gasteiger partial charge on any atom is -0.386 e. The molecule has 1 rings (SSSR count). The molecule has 0 atom stereocenters. The Hall–Kier alpha value is -0.810. The standard InChI is InChI=1S/C6H13N3O2/c1-2-6(11)3-9(4-6)5(10)8-7/h11H,2-4,7H2,1H3,(H,8,10). The van der Waals surface area contributed by atoms with Crippen LogP contribution >= 0.6 is 0 Å². The van der Waals surface area contributed by atoms with Gasteiger partial charge in [-0.3, -0.25) is 5.43 Å². The number of amides is 2. The Balaban J connectivity index is 2.34. The van der Waals surface area contributed by atoms with Crippen molar-refractivity contribution in [1.82, 2.24) is 10.3 Å². The molecular formula is C6H13N3O2. The molecular weight excluding hydrogens is 146 g/mol. The fourth-order valence-electron chi connectivity index (χ4n) is 1.12. The van der Waals surface area contributed by atoms with Gasteiger partial charge in [0.1, 0.15) is 0 Å². The third-order valence-electron chi connectivity index (χ3n) is 2.04. The third-order valence-corrected chi connectivity index (χ3v) is 2.04. The van der Waals surface area contributed by atoms with E-state index in [1.165, 1.54) is 4.90 Å². The molecule has 0 radical (unpaired) electrons. The lowest BCUT2D eigenvalue weighted by Crippen LogP contribution is -2.65. The van der Waals surface area contributed by atoms with Crippen LogP contribution in [0, 0.1) is 0 Å². The van der Waals surface area contributed by atoms with E-state index in [9.17, 15) is 9.90 Å². The molecule has 1 aliphatic heterocycles. The van der Waals surface area contributed by atoms with Crippen LogP contribution in [0.3, 0.4) is 0 Å². The zero-order valence-electron chi connectivity index (χ0n) is 6.50. The van der Waals surface area contributed by atoms with Crippen LogP contribution in [-0.4, -0.2) is 34.7 Å². The van der Waals surface area contributed by atoms with Gasteiger partial charge in [-0.2, -0.15) is 0 Å². The van der Waals surface area contributed by atoms with E-state index in [0.717, 1.165) is 0 Å². The number of urea groups is 1. The smallest absolute Gasteiger partial charge is 0.331 e. The van der Waals surface area contributed by atoms with Crippen LogP contribution in [0.4, 0.5) is 4.79 Å². The van der Waals surface area contributed by atoms with E-state index in [1.807, 2.05) is 12.3 Å². The maximum atomic E-state index is 10.8. The predicted octanol–water partition coefficient (Wildman–Crippen LogP) is -0.974. The highest BCUT2D eigenvalue weighted by molar-refractivity contribution is 5.74. The topological polar surface area (TPSA) is 78.6 Å². The van der Waals surface area contributed by atoms with Crippen molar-refractivity contribution in [3.63, 3.8) is 0 Å². The fourth-order valence-corrected chi connectivity index (χ4v) is 1.12.